The highest BCUT2D eigenvalue weighted by molar-refractivity contribution is 6.30. The van der Waals surface area contributed by atoms with Crippen LogP contribution < -0.4 is 10.6 Å². The van der Waals surface area contributed by atoms with Gasteiger partial charge < -0.3 is 19.7 Å². The van der Waals surface area contributed by atoms with E-state index >= 15 is 0 Å². The number of rotatable bonds is 9. The molecule has 0 spiro atoms. The number of carbonyl (C=O) groups is 3. The summed E-state index contributed by atoms with van der Waals surface area (Å²) in [4.78, 5) is 37.1. The average Bonchev–Trinajstić information content (AvgIpc) is 3.29. The maximum absolute atomic E-state index is 14.0. The molecule has 3 aromatic carbocycles. The minimum Gasteiger partial charge on any atom is -0.480 e. The molecule has 2 atom stereocenters. The van der Waals surface area contributed by atoms with Crippen molar-refractivity contribution in [2.45, 2.75) is 32.4 Å². The van der Waals surface area contributed by atoms with E-state index in [1.807, 2.05) is 0 Å². The summed E-state index contributed by atoms with van der Waals surface area (Å²) in [6.45, 7) is 3.17. The number of hydrogen-bond acceptors (Lipinski definition) is 6. The molecule has 206 valence electrons. The molecular formula is C29H25ClFN3O6. The van der Waals surface area contributed by atoms with E-state index in [2.05, 4.69) is 15.8 Å². The van der Waals surface area contributed by atoms with E-state index in [1.165, 1.54) is 24.3 Å². The molecule has 1 heterocycles. The number of aliphatic carboxylic acids is 1. The molecule has 2 amide bonds. The van der Waals surface area contributed by atoms with Crippen LogP contribution in [0.15, 0.2) is 77.3 Å². The summed E-state index contributed by atoms with van der Waals surface area (Å²) in [5.41, 5.74) is 2.26. The van der Waals surface area contributed by atoms with Crippen LogP contribution in [-0.2, 0) is 16.0 Å². The Balaban J connectivity index is 1.43. The predicted octanol–water partition coefficient (Wildman–Crippen LogP) is 6.18. The minimum absolute atomic E-state index is 0.0777. The van der Waals surface area contributed by atoms with E-state index in [0.29, 0.717) is 21.8 Å². The fraction of sp³-hybridized carbons (Fsp3) is 0.172. The maximum Gasteiger partial charge on any atom is 0.412 e. The summed E-state index contributed by atoms with van der Waals surface area (Å²) < 4.78 is 24.7. The Morgan fingerprint density at radius 3 is 2.38 bits per heavy atom. The number of aromatic nitrogens is 1. The molecule has 9 nitrogen and oxygen atoms in total. The van der Waals surface area contributed by atoms with E-state index in [0.717, 1.165) is 0 Å². The predicted molar refractivity (Wildman–Crippen MR) is 146 cm³/mol. The molecule has 3 N–H and O–H groups in total. The zero-order valence-corrected chi connectivity index (χ0v) is 22.2. The number of aryl methyl sites for hydroxylation is 1. The normalized spacial score (nSPS) is 12.3. The number of halogens is 2. The summed E-state index contributed by atoms with van der Waals surface area (Å²) in [6.07, 6.45) is -1.61. The molecule has 1 aromatic heterocycles. The van der Waals surface area contributed by atoms with Gasteiger partial charge in [0, 0.05) is 28.1 Å². The third-order valence-electron chi connectivity index (χ3n) is 6.08. The number of anilines is 1. The van der Waals surface area contributed by atoms with Crippen molar-refractivity contribution >= 4 is 35.3 Å². The van der Waals surface area contributed by atoms with E-state index in [9.17, 15) is 23.9 Å². The van der Waals surface area contributed by atoms with Gasteiger partial charge in [-0.3, -0.25) is 10.1 Å². The van der Waals surface area contributed by atoms with Gasteiger partial charge in [0.1, 0.15) is 29.3 Å². The van der Waals surface area contributed by atoms with Crippen LogP contribution in [-0.4, -0.2) is 34.3 Å². The van der Waals surface area contributed by atoms with Crippen molar-refractivity contribution in [3.05, 3.63) is 106 Å². The fourth-order valence-corrected chi connectivity index (χ4v) is 4.07. The smallest absolute Gasteiger partial charge is 0.412 e. The fourth-order valence-electron chi connectivity index (χ4n) is 3.95. The highest BCUT2D eigenvalue weighted by atomic mass is 35.5. The maximum atomic E-state index is 14.0. The summed E-state index contributed by atoms with van der Waals surface area (Å²) in [7, 11) is 0. The van der Waals surface area contributed by atoms with Gasteiger partial charge in [0.15, 0.2) is 5.76 Å². The second-order valence-electron chi connectivity index (χ2n) is 8.94. The van der Waals surface area contributed by atoms with Crippen molar-refractivity contribution in [3.63, 3.8) is 0 Å². The van der Waals surface area contributed by atoms with Gasteiger partial charge in [-0.15, -0.1) is 0 Å². The lowest BCUT2D eigenvalue weighted by Gasteiger charge is -2.15. The van der Waals surface area contributed by atoms with Gasteiger partial charge >= 0.3 is 12.1 Å². The zero-order valence-electron chi connectivity index (χ0n) is 21.5. The number of nitrogens with one attached hydrogen (secondary N) is 2. The molecule has 11 heteroatoms. The molecule has 0 aliphatic heterocycles. The standard InChI is InChI=1S/C29H25ClFN3O6/c1-16-25(33-29(38)39-17(2)22-5-3-4-6-23(22)31)26(40-34-16)19-9-11-20(12-10-19)27(35)32-24(28(36)37)15-18-7-13-21(30)14-8-18/h3-14,17,24H,15H2,1-2H3,(H,32,35)(H,33,38)(H,36,37). The average molecular weight is 566 g/mol. The van der Waals surface area contributed by atoms with E-state index < -0.39 is 35.9 Å². The summed E-state index contributed by atoms with van der Waals surface area (Å²) in [6, 6.07) is 17.6. The highest BCUT2D eigenvalue weighted by Crippen LogP contribution is 2.32. The molecule has 0 bridgehead atoms. The zero-order chi connectivity index (χ0) is 28.8. The van der Waals surface area contributed by atoms with Crippen LogP contribution in [0.3, 0.4) is 0 Å². The second kappa shape index (κ2) is 12.4. The van der Waals surface area contributed by atoms with Crippen molar-refractivity contribution < 1.29 is 33.1 Å². The lowest BCUT2D eigenvalue weighted by Crippen LogP contribution is -2.42. The number of benzene rings is 3. The first kappa shape index (κ1) is 28.3. The Hall–Kier alpha value is -4.70. The number of carbonyl (C=O) groups excluding carboxylic acids is 2. The molecule has 40 heavy (non-hydrogen) atoms. The summed E-state index contributed by atoms with van der Waals surface area (Å²) in [5.74, 6) is -2.03. The number of carboxylic acids is 1. The van der Waals surface area contributed by atoms with E-state index in [-0.39, 0.29) is 29.0 Å². The first-order valence-electron chi connectivity index (χ1n) is 12.2. The van der Waals surface area contributed by atoms with Gasteiger partial charge in [-0.25, -0.2) is 14.0 Å². The third-order valence-corrected chi connectivity index (χ3v) is 6.33. The Morgan fingerprint density at radius 1 is 1.05 bits per heavy atom. The molecule has 0 aliphatic rings. The van der Waals surface area contributed by atoms with Crippen LogP contribution >= 0.6 is 11.6 Å². The quantitative estimate of drug-likeness (QED) is 0.221. The van der Waals surface area contributed by atoms with Gasteiger partial charge in [-0.1, -0.05) is 59.2 Å². The molecule has 0 aliphatic carbocycles. The van der Waals surface area contributed by atoms with Crippen molar-refractivity contribution in [2.24, 2.45) is 0 Å². The Morgan fingerprint density at radius 2 is 1.73 bits per heavy atom. The van der Waals surface area contributed by atoms with Crippen molar-refractivity contribution in [1.29, 1.82) is 0 Å². The molecule has 0 radical (unpaired) electrons. The van der Waals surface area contributed by atoms with Gasteiger partial charge in [0.05, 0.1) is 0 Å². The number of carboxylic acid groups (broad SMARTS) is 1. The van der Waals surface area contributed by atoms with Crippen molar-refractivity contribution in [1.82, 2.24) is 10.5 Å². The van der Waals surface area contributed by atoms with Gasteiger partial charge in [0.25, 0.3) is 5.91 Å². The Kier molecular flexibility index (Phi) is 8.80. The van der Waals surface area contributed by atoms with Crippen LogP contribution in [0.5, 0.6) is 0 Å². The molecule has 0 saturated carbocycles. The highest BCUT2D eigenvalue weighted by Gasteiger charge is 2.23. The monoisotopic (exact) mass is 565 g/mol. The van der Waals surface area contributed by atoms with Crippen LogP contribution in [0.25, 0.3) is 11.3 Å². The van der Waals surface area contributed by atoms with Gasteiger partial charge in [-0.05, 0) is 49.7 Å². The van der Waals surface area contributed by atoms with Crippen LogP contribution in [0.2, 0.25) is 5.02 Å². The molecule has 2 unspecified atom stereocenters. The van der Waals surface area contributed by atoms with Crippen molar-refractivity contribution in [2.75, 3.05) is 5.32 Å². The topological polar surface area (TPSA) is 131 Å². The van der Waals surface area contributed by atoms with Crippen molar-refractivity contribution in [3.8, 4) is 11.3 Å². The van der Waals surface area contributed by atoms with Crippen LogP contribution in [0.4, 0.5) is 14.9 Å². The van der Waals surface area contributed by atoms with Crippen LogP contribution in [0.1, 0.15) is 40.2 Å². The van der Waals surface area contributed by atoms with Gasteiger partial charge in [0.2, 0.25) is 0 Å². The minimum atomic E-state index is -1.18. The first-order chi connectivity index (χ1) is 19.1. The number of amides is 2. The molecule has 0 saturated heterocycles. The lowest BCUT2D eigenvalue weighted by molar-refractivity contribution is -0.139. The van der Waals surface area contributed by atoms with E-state index in [4.69, 9.17) is 20.9 Å². The number of ether oxygens (including phenoxy) is 1. The largest absolute Gasteiger partial charge is 0.480 e. The van der Waals surface area contributed by atoms with Gasteiger partial charge in [-0.2, -0.15) is 0 Å². The lowest BCUT2D eigenvalue weighted by atomic mass is 10.0. The SMILES string of the molecule is Cc1noc(-c2ccc(C(=O)NC(Cc3ccc(Cl)cc3)C(=O)O)cc2)c1NC(=O)OC(C)c1ccccc1F. The Bertz CT molecular complexity index is 1520. The number of nitrogens with zero attached hydrogens (tertiary/aromatic N) is 1. The summed E-state index contributed by atoms with van der Waals surface area (Å²) in [5, 5.41) is 19.1. The molecule has 4 rings (SSSR count). The van der Waals surface area contributed by atoms with E-state index in [1.54, 1.807) is 62.4 Å². The third kappa shape index (κ3) is 6.83. The molecule has 4 aromatic rings. The molecular weight excluding hydrogens is 541 g/mol. The summed E-state index contributed by atoms with van der Waals surface area (Å²) >= 11 is 5.88. The molecule has 0 fully saturated rings. The number of hydrogen-bond donors (Lipinski definition) is 3. The Labute approximate surface area is 233 Å². The van der Waals surface area contributed by atoms with Crippen LogP contribution in [0, 0.1) is 12.7 Å². The first-order valence-corrected chi connectivity index (χ1v) is 12.6. The second-order valence-corrected chi connectivity index (χ2v) is 9.37.